The number of carbonyl (C=O) groups excluding carboxylic acids is 1. The molecule has 1 aromatic carbocycles. The van der Waals surface area contributed by atoms with Gasteiger partial charge in [0.25, 0.3) is 0 Å². The summed E-state index contributed by atoms with van der Waals surface area (Å²) in [5.41, 5.74) is 0.758. The van der Waals surface area contributed by atoms with Crippen molar-refractivity contribution in [3.8, 4) is 5.75 Å². The highest BCUT2D eigenvalue weighted by molar-refractivity contribution is 5.97. The van der Waals surface area contributed by atoms with Crippen LogP contribution >= 0.6 is 0 Å². The standard InChI is InChI=1S/C22H33N3O3/c26-22(18-24-12-15-27-16-13-24)19-4-6-21(7-5-19)28-14-2-8-23-10-11-25-9-1-3-20(25)17-23/h4-7,20H,1-3,8-18H2. The summed E-state index contributed by atoms with van der Waals surface area (Å²) in [5, 5.41) is 0. The molecule has 6 heteroatoms. The van der Waals surface area contributed by atoms with E-state index in [-0.39, 0.29) is 5.78 Å². The molecule has 28 heavy (non-hydrogen) atoms. The summed E-state index contributed by atoms with van der Waals surface area (Å²) in [6.45, 7) is 10.4. The first-order valence-corrected chi connectivity index (χ1v) is 10.8. The van der Waals surface area contributed by atoms with E-state index in [2.05, 4.69) is 14.7 Å². The van der Waals surface area contributed by atoms with E-state index in [1.807, 2.05) is 24.3 Å². The molecule has 3 aliphatic rings. The fourth-order valence-corrected chi connectivity index (χ4v) is 4.53. The molecule has 1 aromatic rings. The Hall–Kier alpha value is -1.47. The molecule has 154 valence electrons. The van der Waals surface area contributed by atoms with Gasteiger partial charge in [-0.15, -0.1) is 0 Å². The predicted molar refractivity (Wildman–Crippen MR) is 109 cm³/mol. The molecule has 6 nitrogen and oxygen atoms in total. The number of rotatable bonds is 8. The number of benzene rings is 1. The Bertz CT molecular complexity index is 630. The molecule has 0 radical (unpaired) electrons. The smallest absolute Gasteiger partial charge is 0.176 e. The molecular formula is C22H33N3O3. The van der Waals surface area contributed by atoms with Gasteiger partial charge >= 0.3 is 0 Å². The summed E-state index contributed by atoms with van der Waals surface area (Å²) in [6.07, 6.45) is 3.78. The lowest BCUT2D eigenvalue weighted by Gasteiger charge is -2.37. The molecule has 3 saturated heterocycles. The van der Waals surface area contributed by atoms with Crippen molar-refractivity contribution in [1.29, 1.82) is 0 Å². The van der Waals surface area contributed by atoms with Gasteiger partial charge < -0.3 is 14.4 Å². The molecule has 3 fully saturated rings. The molecule has 0 aromatic heterocycles. The summed E-state index contributed by atoms with van der Waals surface area (Å²) in [7, 11) is 0. The first-order chi connectivity index (χ1) is 13.8. The summed E-state index contributed by atoms with van der Waals surface area (Å²) in [5.74, 6) is 1.02. The Morgan fingerprint density at radius 1 is 1.04 bits per heavy atom. The van der Waals surface area contributed by atoms with Crippen LogP contribution in [0.2, 0.25) is 0 Å². The van der Waals surface area contributed by atoms with E-state index in [0.717, 1.165) is 63.2 Å². The first-order valence-electron chi connectivity index (χ1n) is 10.8. The number of piperazine rings is 1. The number of hydrogen-bond acceptors (Lipinski definition) is 6. The molecule has 3 aliphatic heterocycles. The van der Waals surface area contributed by atoms with Crippen molar-refractivity contribution in [3.63, 3.8) is 0 Å². The topological polar surface area (TPSA) is 45.3 Å². The van der Waals surface area contributed by atoms with E-state index in [9.17, 15) is 4.79 Å². The lowest BCUT2D eigenvalue weighted by Crippen LogP contribution is -2.50. The van der Waals surface area contributed by atoms with Crippen LogP contribution in [-0.2, 0) is 4.74 Å². The van der Waals surface area contributed by atoms with Crippen LogP contribution in [0.1, 0.15) is 29.6 Å². The largest absolute Gasteiger partial charge is 0.494 e. The van der Waals surface area contributed by atoms with Crippen molar-refractivity contribution < 1.29 is 14.3 Å². The van der Waals surface area contributed by atoms with Crippen LogP contribution in [0.25, 0.3) is 0 Å². The Labute approximate surface area is 168 Å². The van der Waals surface area contributed by atoms with E-state index in [1.165, 1.54) is 39.0 Å². The first kappa shape index (κ1) is 19.8. The monoisotopic (exact) mass is 387 g/mol. The third kappa shape index (κ3) is 5.32. The Balaban J connectivity index is 1.15. The quantitative estimate of drug-likeness (QED) is 0.500. The maximum Gasteiger partial charge on any atom is 0.176 e. The van der Waals surface area contributed by atoms with Gasteiger partial charge in [0.2, 0.25) is 0 Å². The van der Waals surface area contributed by atoms with Crippen molar-refractivity contribution in [2.24, 2.45) is 0 Å². The highest BCUT2D eigenvalue weighted by Gasteiger charge is 2.29. The Morgan fingerprint density at radius 3 is 2.68 bits per heavy atom. The fraction of sp³-hybridized carbons (Fsp3) is 0.682. The zero-order valence-electron chi connectivity index (χ0n) is 16.9. The van der Waals surface area contributed by atoms with Gasteiger partial charge in [0, 0.05) is 50.9 Å². The van der Waals surface area contributed by atoms with Crippen LogP contribution in [0.5, 0.6) is 5.75 Å². The normalized spacial score (nSPS) is 24.2. The van der Waals surface area contributed by atoms with Gasteiger partial charge in [-0.1, -0.05) is 0 Å². The van der Waals surface area contributed by atoms with Crippen LogP contribution in [0.4, 0.5) is 0 Å². The minimum Gasteiger partial charge on any atom is -0.494 e. The van der Waals surface area contributed by atoms with Crippen molar-refractivity contribution in [2.45, 2.75) is 25.3 Å². The highest BCUT2D eigenvalue weighted by Crippen LogP contribution is 2.21. The molecule has 0 saturated carbocycles. The van der Waals surface area contributed by atoms with Crippen molar-refractivity contribution in [3.05, 3.63) is 29.8 Å². The zero-order valence-corrected chi connectivity index (χ0v) is 16.9. The van der Waals surface area contributed by atoms with Gasteiger partial charge in [-0.05, 0) is 50.1 Å². The summed E-state index contributed by atoms with van der Waals surface area (Å²) in [6, 6.07) is 8.40. The second-order valence-corrected chi connectivity index (χ2v) is 8.17. The number of hydrogen-bond donors (Lipinski definition) is 0. The van der Waals surface area contributed by atoms with Gasteiger partial charge in [0.05, 0.1) is 26.4 Å². The molecule has 0 bridgehead atoms. The number of morpholine rings is 1. The van der Waals surface area contributed by atoms with Crippen molar-refractivity contribution in [1.82, 2.24) is 14.7 Å². The molecule has 0 aliphatic carbocycles. The highest BCUT2D eigenvalue weighted by atomic mass is 16.5. The maximum atomic E-state index is 12.4. The van der Waals surface area contributed by atoms with E-state index < -0.39 is 0 Å². The number of ketones is 1. The van der Waals surface area contributed by atoms with Crippen LogP contribution in [0, 0.1) is 0 Å². The Morgan fingerprint density at radius 2 is 1.86 bits per heavy atom. The summed E-state index contributed by atoms with van der Waals surface area (Å²) < 4.78 is 11.2. The molecular weight excluding hydrogens is 354 g/mol. The number of ether oxygens (including phenoxy) is 2. The van der Waals surface area contributed by atoms with Crippen LogP contribution < -0.4 is 4.74 Å². The minimum absolute atomic E-state index is 0.166. The molecule has 0 amide bonds. The van der Waals surface area contributed by atoms with Crippen molar-refractivity contribution >= 4 is 5.78 Å². The second kappa shape index (κ2) is 9.83. The van der Waals surface area contributed by atoms with Gasteiger partial charge in [0.15, 0.2) is 5.78 Å². The SMILES string of the molecule is O=C(CN1CCOCC1)c1ccc(OCCCN2CCN3CCCC3C2)cc1. The average Bonchev–Trinajstić information content (AvgIpc) is 3.20. The fourth-order valence-electron chi connectivity index (χ4n) is 4.53. The lowest BCUT2D eigenvalue weighted by molar-refractivity contribution is 0.0371. The number of fused-ring (bicyclic) bond motifs is 1. The third-order valence-corrected chi connectivity index (χ3v) is 6.21. The molecule has 4 rings (SSSR count). The van der Waals surface area contributed by atoms with Gasteiger partial charge in [-0.25, -0.2) is 0 Å². The minimum atomic E-state index is 0.166. The van der Waals surface area contributed by atoms with E-state index in [4.69, 9.17) is 9.47 Å². The number of carbonyl (C=O) groups is 1. The molecule has 3 heterocycles. The van der Waals surface area contributed by atoms with E-state index in [0.29, 0.717) is 6.54 Å². The number of Topliss-reactive ketones (excluding diaryl/α,β-unsaturated/α-hetero) is 1. The van der Waals surface area contributed by atoms with Crippen LogP contribution in [-0.4, -0.2) is 98.7 Å². The van der Waals surface area contributed by atoms with Gasteiger partial charge in [0.1, 0.15) is 5.75 Å². The van der Waals surface area contributed by atoms with Gasteiger partial charge in [-0.2, -0.15) is 0 Å². The maximum absolute atomic E-state index is 12.4. The third-order valence-electron chi connectivity index (χ3n) is 6.21. The molecule has 1 unspecified atom stereocenters. The summed E-state index contributed by atoms with van der Waals surface area (Å²) >= 11 is 0. The number of nitrogens with zero attached hydrogens (tertiary/aromatic N) is 3. The van der Waals surface area contributed by atoms with Crippen LogP contribution in [0.15, 0.2) is 24.3 Å². The predicted octanol–water partition coefficient (Wildman–Crippen LogP) is 1.75. The average molecular weight is 388 g/mol. The molecule has 0 N–H and O–H groups in total. The molecule has 0 spiro atoms. The summed E-state index contributed by atoms with van der Waals surface area (Å²) in [4.78, 5) is 19.8. The van der Waals surface area contributed by atoms with Crippen LogP contribution in [0.3, 0.4) is 0 Å². The molecule has 1 atom stereocenters. The van der Waals surface area contributed by atoms with Crippen molar-refractivity contribution in [2.75, 3.05) is 72.2 Å². The van der Waals surface area contributed by atoms with E-state index >= 15 is 0 Å². The zero-order chi connectivity index (χ0) is 19.2. The van der Waals surface area contributed by atoms with Gasteiger partial charge in [-0.3, -0.25) is 14.6 Å². The van der Waals surface area contributed by atoms with E-state index in [1.54, 1.807) is 0 Å². The second-order valence-electron chi connectivity index (χ2n) is 8.17. The Kier molecular flexibility index (Phi) is 6.96. The lowest BCUT2D eigenvalue weighted by atomic mass is 10.1.